The predicted molar refractivity (Wildman–Crippen MR) is 101 cm³/mol. The van der Waals surface area contributed by atoms with Crippen molar-refractivity contribution in [2.75, 3.05) is 5.32 Å². The first-order valence-electron chi connectivity index (χ1n) is 8.38. The number of rotatable bonds is 5. The number of H-pyrrole nitrogens is 1. The lowest BCUT2D eigenvalue weighted by Gasteiger charge is -2.14. The van der Waals surface area contributed by atoms with Gasteiger partial charge in [0.25, 0.3) is 0 Å². The fourth-order valence-corrected chi connectivity index (χ4v) is 2.64. The van der Waals surface area contributed by atoms with E-state index in [1.54, 1.807) is 12.3 Å². The van der Waals surface area contributed by atoms with Gasteiger partial charge in [0.05, 0.1) is 11.2 Å². The summed E-state index contributed by atoms with van der Waals surface area (Å²) in [7, 11) is 0. The number of carbonyl (C=O) groups excluding carboxylic acids is 1. The van der Waals surface area contributed by atoms with Gasteiger partial charge >= 0.3 is 0 Å². The summed E-state index contributed by atoms with van der Waals surface area (Å²) < 4.78 is 5.70. The zero-order valence-corrected chi connectivity index (χ0v) is 15.7. The molecule has 0 aliphatic carbocycles. The SMILES string of the molecule is CC(C)(C)c1cc(NC(=O)CCc2ncc(-c3ccccc3Cl)o2)n[nH]1. The average molecular weight is 373 g/mol. The van der Waals surface area contributed by atoms with Crippen molar-refractivity contribution in [3.8, 4) is 11.3 Å². The van der Waals surface area contributed by atoms with Crippen LogP contribution in [0.4, 0.5) is 5.82 Å². The third-order valence-corrected chi connectivity index (χ3v) is 4.24. The highest BCUT2D eigenvalue weighted by molar-refractivity contribution is 6.33. The molecule has 0 saturated heterocycles. The molecule has 0 spiro atoms. The number of hydrogen-bond acceptors (Lipinski definition) is 4. The van der Waals surface area contributed by atoms with E-state index < -0.39 is 0 Å². The lowest BCUT2D eigenvalue weighted by Crippen LogP contribution is -2.13. The van der Waals surface area contributed by atoms with Crippen molar-refractivity contribution in [2.24, 2.45) is 0 Å². The number of aromatic nitrogens is 3. The quantitative estimate of drug-likeness (QED) is 0.686. The van der Waals surface area contributed by atoms with Gasteiger partial charge in [-0.2, -0.15) is 5.10 Å². The van der Waals surface area contributed by atoms with Crippen molar-refractivity contribution >= 4 is 23.3 Å². The van der Waals surface area contributed by atoms with Crippen LogP contribution in [-0.4, -0.2) is 21.1 Å². The van der Waals surface area contributed by atoms with E-state index in [9.17, 15) is 4.79 Å². The van der Waals surface area contributed by atoms with Crippen molar-refractivity contribution in [1.82, 2.24) is 15.2 Å². The van der Waals surface area contributed by atoms with Gasteiger partial charge in [-0.3, -0.25) is 9.89 Å². The summed E-state index contributed by atoms with van der Waals surface area (Å²) in [6.07, 6.45) is 2.27. The number of hydrogen-bond donors (Lipinski definition) is 2. The molecule has 3 rings (SSSR count). The maximum atomic E-state index is 12.1. The minimum Gasteiger partial charge on any atom is -0.441 e. The minimum atomic E-state index is -0.144. The molecule has 26 heavy (non-hydrogen) atoms. The molecule has 6 nitrogen and oxygen atoms in total. The second-order valence-electron chi connectivity index (χ2n) is 7.06. The van der Waals surface area contributed by atoms with Crippen LogP contribution in [-0.2, 0) is 16.6 Å². The molecular formula is C19H21ClN4O2. The largest absolute Gasteiger partial charge is 0.441 e. The Kier molecular flexibility index (Phi) is 5.13. The molecule has 0 saturated carbocycles. The van der Waals surface area contributed by atoms with Gasteiger partial charge < -0.3 is 9.73 Å². The Labute approximate surface area is 157 Å². The summed E-state index contributed by atoms with van der Waals surface area (Å²) in [6.45, 7) is 6.22. The molecule has 0 fully saturated rings. The zero-order chi connectivity index (χ0) is 18.7. The van der Waals surface area contributed by atoms with Gasteiger partial charge in [0.2, 0.25) is 5.91 Å². The second kappa shape index (κ2) is 7.33. The Bertz CT molecular complexity index is 908. The van der Waals surface area contributed by atoms with Crippen LogP contribution in [0.1, 0.15) is 38.8 Å². The van der Waals surface area contributed by atoms with E-state index in [-0.39, 0.29) is 17.7 Å². The highest BCUT2D eigenvalue weighted by Crippen LogP contribution is 2.28. The second-order valence-corrected chi connectivity index (χ2v) is 7.47. The highest BCUT2D eigenvalue weighted by atomic mass is 35.5. The van der Waals surface area contributed by atoms with Crippen LogP contribution in [0.25, 0.3) is 11.3 Å². The molecule has 2 aromatic heterocycles. The summed E-state index contributed by atoms with van der Waals surface area (Å²) in [6, 6.07) is 9.24. The van der Waals surface area contributed by atoms with Crippen LogP contribution in [0.5, 0.6) is 0 Å². The smallest absolute Gasteiger partial charge is 0.226 e. The molecule has 0 aliphatic heterocycles. The molecule has 3 aromatic rings. The number of carbonyl (C=O) groups is 1. The molecule has 0 radical (unpaired) electrons. The van der Waals surface area contributed by atoms with Gasteiger partial charge in [-0.25, -0.2) is 4.98 Å². The average Bonchev–Trinajstić information content (AvgIpc) is 3.22. The van der Waals surface area contributed by atoms with Gasteiger partial charge in [0, 0.05) is 35.6 Å². The Morgan fingerprint density at radius 3 is 2.77 bits per heavy atom. The van der Waals surface area contributed by atoms with Crippen molar-refractivity contribution in [3.05, 3.63) is 53.1 Å². The Morgan fingerprint density at radius 2 is 2.08 bits per heavy atom. The van der Waals surface area contributed by atoms with E-state index in [1.807, 2.05) is 24.3 Å². The Hall–Kier alpha value is -2.60. The number of oxazole rings is 1. The fourth-order valence-electron chi connectivity index (χ4n) is 2.41. The van der Waals surface area contributed by atoms with Crippen LogP contribution in [0.15, 0.2) is 40.9 Å². The van der Waals surface area contributed by atoms with E-state index in [4.69, 9.17) is 16.0 Å². The standard InChI is InChI=1S/C19H21ClN4O2/c1-19(2,3)15-10-16(24-23-15)22-17(25)8-9-18-21-11-14(26-18)12-6-4-5-7-13(12)20/h4-7,10-11H,8-9H2,1-3H3,(H2,22,23,24,25). The Morgan fingerprint density at radius 1 is 1.31 bits per heavy atom. The third-order valence-electron chi connectivity index (χ3n) is 3.91. The van der Waals surface area contributed by atoms with E-state index in [0.717, 1.165) is 11.3 Å². The van der Waals surface area contributed by atoms with E-state index >= 15 is 0 Å². The molecule has 1 aromatic carbocycles. The predicted octanol–water partition coefficient (Wildman–Crippen LogP) is 4.59. The van der Waals surface area contributed by atoms with Crippen molar-refractivity contribution < 1.29 is 9.21 Å². The number of benzene rings is 1. The molecule has 136 valence electrons. The van der Waals surface area contributed by atoms with E-state index in [1.165, 1.54) is 0 Å². The first-order valence-corrected chi connectivity index (χ1v) is 8.76. The summed E-state index contributed by atoms with van der Waals surface area (Å²) in [5.74, 6) is 1.46. The molecule has 7 heteroatoms. The van der Waals surface area contributed by atoms with Crippen LogP contribution in [0.3, 0.4) is 0 Å². The van der Waals surface area contributed by atoms with E-state index in [0.29, 0.717) is 28.9 Å². The zero-order valence-electron chi connectivity index (χ0n) is 15.0. The minimum absolute atomic E-state index is 0.0524. The van der Waals surface area contributed by atoms with Crippen LogP contribution in [0, 0.1) is 0 Å². The molecule has 1 amide bonds. The third kappa shape index (κ3) is 4.32. The molecule has 0 bridgehead atoms. The van der Waals surface area contributed by atoms with Crippen molar-refractivity contribution in [1.29, 1.82) is 0 Å². The normalized spacial score (nSPS) is 11.5. The lowest BCUT2D eigenvalue weighted by atomic mass is 9.92. The summed E-state index contributed by atoms with van der Waals surface area (Å²) >= 11 is 6.16. The van der Waals surface area contributed by atoms with Gasteiger partial charge in [-0.05, 0) is 12.1 Å². The molecule has 2 N–H and O–H groups in total. The van der Waals surface area contributed by atoms with Crippen LogP contribution >= 0.6 is 11.6 Å². The van der Waals surface area contributed by atoms with Crippen LogP contribution in [0.2, 0.25) is 5.02 Å². The Balaban J connectivity index is 1.57. The summed E-state index contributed by atoms with van der Waals surface area (Å²) in [5, 5.41) is 10.4. The number of halogens is 1. The number of aromatic amines is 1. The first kappa shape index (κ1) is 18.2. The summed E-state index contributed by atoms with van der Waals surface area (Å²) in [4.78, 5) is 16.3. The maximum absolute atomic E-state index is 12.1. The van der Waals surface area contributed by atoms with Gasteiger partial charge in [-0.15, -0.1) is 0 Å². The van der Waals surface area contributed by atoms with Gasteiger partial charge in [0.15, 0.2) is 17.5 Å². The molecule has 0 unspecified atom stereocenters. The number of nitrogens with one attached hydrogen (secondary N) is 2. The molecule has 0 atom stereocenters. The molecule has 2 heterocycles. The highest BCUT2D eigenvalue weighted by Gasteiger charge is 2.17. The van der Waals surface area contributed by atoms with Gasteiger partial charge in [-0.1, -0.05) is 44.5 Å². The molecular weight excluding hydrogens is 352 g/mol. The monoisotopic (exact) mass is 372 g/mol. The summed E-state index contributed by atoms with van der Waals surface area (Å²) in [5.41, 5.74) is 1.69. The maximum Gasteiger partial charge on any atom is 0.226 e. The lowest BCUT2D eigenvalue weighted by molar-refractivity contribution is -0.116. The number of nitrogens with zero attached hydrogens (tertiary/aromatic N) is 2. The van der Waals surface area contributed by atoms with Crippen molar-refractivity contribution in [3.63, 3.8) is 0 Å². The molecule has 0 aliphatic rings. The fraction of sp³-hybridized carbons (Fsp3) is 0.316. The first-order chi connectivity index (χ1) is 12.3. The number of amides is 1. The van der Waals surface area contributed by atoms with E-state index in [2.05, 4.69) is 41.3 Å². The van der Waals surface area contributed by atoms with Crippen molar-refractivity contribution in [2.45, 2.75) is 39.0 Å². The number of aryl methyl sites for hydroxylation is 1. The number of anilines is 1. The van der Waals surface area contributed by atoms with Gasteiger partial charge in [0.1, 0.15) is 0 Å². The topological polar surface area (TPSA) is 83.8 Å². The van der Waals surface area contributed by atoms with Crippen LogP contribution < -0.4 is 5.32 Å².